The predicted octanol–water partition coefficient (Wildman–Crippen LogP) is 3.22. The number of amides is 2. The summed E-state index contributed by atoms with van der Waals surface area (Å²) in [5.41, 5.74) is 0.943. The first-order valence-electron chi connectivity index (χ1n) is 9.31. The minimum Gasteiger partial charge on any atom is -0.466 e. The molecular weight excluding hydrogens is 410 g/mol. The maximum atomic E-state index is 14.0. The van der Waals surface area contributed by atoms with E-state index in [0.29, 0.717) is 6.29 Å². The molecule has 0 saturated carbocycles. The zero-order chi connectivity index (χ0) is 22.5. The summed E-state index contributed by atoms with van der Waals surface area (Å²) >= 11 is 0. The van der Waals surface area contributed by atoms with Crippen molar-refractivity contribution in [2.24, 2.45) is 0 Å². The third-order valence-corrected chi connectivity index (χ3v) is 4.80. The maximum Gasteiger partial charge on any atom is 0.337 e. The van der Waals surface area contributed by atoms with E-state index in [9.17, 15) is 23.2 Å². The Morgan fingerprint density at radius 1 is 1.19 bits per heavy atom. The van der Waals surface area contributed by atoms with Gasteiger partial charge in [-0.2, -0.15) is 0 Å². The first-order chi connectivity index (χ1) is 14.9. The van der Waals surface area contributed by atoms with Gasteiger partial charge in [0, 0.05) is 5.70 Å². The molecule has 0 saturated heterocycles. The summed E-state index contributed by atoms with van der Waals surface area (Å²) in [6.45, 7) is 1.46. The van der Waals surface area contributed by atoms with Crippen molar-refractivity contribution in [3.05, 3.63) is 82.6 Å². The Balaban J connectivity index is 2.05. The van der Waals surface area contributed by atoms with Crippen molar-refractivity contribution in [2.45, 2.75) is 25.8 Å². The molecule has 2 aromatic rings. The maximum absolute atomic E-state index is 14.0. The van der Waals surface area contributed by atoms with Crippen molar-refractivity contribution in [1.82, 2.24) is 10.2 Å². The molecule has 162 valence electrons. The summed E-state index contributed by atoms with van der Waals surface area (Å²) in [4.78, 5) is 38.2. The summed E-state index contributed by atoms with van der Waals surface area (Å²) in [6.07, 6.45) is -1.03. The van der Waals surface area contributed by atoms with Crippen molar-refractivity contribution in [2.75, 3.05) is 7.11 Å². The van der Waals surface area contributed by atoms with Crippen LogP contribution in [0.25, 0.3) is 0 Å². The molecule has 0 fully saturated rings. The highest BCUT2D eigenvalue weighted by Crippen LogP contribution is 2.36. The van der Waals surface area contributed by atoms with E-state index >= 15 is 0 Å². The molecular formula is C22H20F2N2O5. The van der Waals surface area contributed by atoms with E-state index in [1.807, 2.05) is 6.07 Å². The topological polar surface area (TPSA) is 84.9 Å². The van der Waals surface area contributed by atoms with Crippen LogP contribution in [-0.2, 0) is 25.7 Å². The second-order valence-electron chi connectivity index (χ2n) is 6.77. The standard InChI is InChI=1S/C22H20F2N2O5/c1-13-19(21(28)30-2)20(15-8-9-16(23)17(24)10-15)26(22(29)25-13)18(11-27)31-12-14-6-4-3-5-7-14/h3-11,18,20H,12H2,1-2H3,(H,25,29). The molecule has 31 heavy (non-hydrogen) atoms. The van der Waals surface area contributed by atoms with E-state index in [4.69, 9.17) is 9.47 Å². The van der Waals surface area contributed by atoms with Gasteiger partial charge in [0.1, 0.15) is 0 Å². The predicted molar refractivity (Wildman–Crippen MR) is 105 cm³/mol. The normalized spacial score (nSPS) is 17.2. The molecule has 9 heteroatoms. The molecule has 2 amide bonds. The summed E-state index contributed by atoms with van der Waals surface area (Å²) in [5.74, 6) is -3.06. The number of urea groups is 1. The Labute approximate surface area is 177 Å². The Hall–Kier alpha value is -3.59. The van der Waals surface area contributed by atoms with Gasteiger partial charge in [0.15, 0.2) is 24.1 Å². The smallest absolute Gasteiger partial charge is 0.337 e. The largest absolute Gasteiger partial charge is 0.466 e. The lowest BCUT2D eigenvalue weighted by Crippen LogP contribution is -2.54. The zero-order valence-electron chi connectivity index (χ0n) is 16.8. The molecule has 0 bridgehead atoms. The Morgan fingerprint density at radius 3 is 2.52 bits per heavy atom. The zero-order valence-corrected chi connectivity index (χ0v) is 16.8. The van der Waals surface area contributed by atoms with Crippen molar-refractivity contribution in [3.63, 3.8) is 0 Å². The van der Waals surface area contributed by atoms with Gasteiger partial charge in [0.05, 0.1) is 25.3 Å². The van der Waals surface area contributed by atoms with Crippen molar-refractivity contribution in [1.29, 1.82) is 0 Å². The first-order valence-corrected chi connectivity index (χ1v) is 9.31. The average molecular weight is 430 g/mol. The molecule has 2 aromatic carbocycles. The number of nitrogens with one attached hydrogen (secondary N) is 1. The number of rotatable bonds is 7. The number of ether oxygens (including phenoxy) is 2. The van der Waals surface area contributed by atoms with Crippen LogP contribution in [0.5, 0.6) is 0 Å². The van der Waals surface area contributed by atoms with Gasteiger partial charge in [0.2, 0.25) is 0 Å². The minimum absolute atomic E-state index is 0.00518. The van der Waals surface area contributed by atoms with E-state index in [0.717, 1.165) is 29.7 Å². The number of allylic oxidation sites excluding steroid dienone is 1. The van der Waals surface area contributed by atoms with E-state index in [-0.39, 0.29) is 23.4 Å². The SMILES string of the molecule is COC(=O)C1=C(C)NC(=O)N(C(C=O)OCc2ccccc2)C1c1ccc(F)c(F)c1. The lowest BCUT2D eigenvalue weighted by Gasteiger charge is -2.40. The number of aldehydes is 1. The number of carbonyl (C=O) groups excluding carboxylic acids is 3. The number of esters is 1. The van der Waals surface area contributed by atoms with Crippen LogP contribution < -0.4 is 5.32 Å². The fourth-order valence-electron chi connectivity index (χ4n) is 3.34. The van der Waals surface area contributed by atoms with Gasteiger partial charge >= 0.3 is 12.0 Å². The summed E-state index contributed by atoms with van der Waals surface area (Å²) in [7, 11) is 1.15. The van der Waals surface area contributed by atoms with Gasteiger partial charge in [-0.25, -0.2) is 18.4 Å². The fourth-order valence-corrected chi connectivity index (χ4v) is 3.34. The lowest BCUT2D eigenvalue weighted by molar-refractivity contribution is -0.140. The number of benzene rings is 2. The quantitative estimate of drug-likeness (QED) is 0.539. The monoisotopic (exact) mass is 430 g/mol. The van der Waals surface area contributed by atoms with Gasteiger partial charge < -0.3 is 14.8 Å². The molecule has 2 atom stereocenters. The molecule has 1 aliphatic rings. The molecule has 1 heterocycles. The van der Waals surface area contributed by atoms with Gasteiger partial charge in [-0.15, -0.1) is 0 Å². The molecule has 2 unspecified atom stereocenters. The van der Waals surface area contributed by atoms with Crippen LogP contribution in [0.4, 0.5) is 13.6 Å². The Kier molecular flexibility index (Phi) is 6.76. The number of methoxy groups -OCH3 is 1. The third-order valence-electron chi connectivity index (χ3n) is 4.80. The third kappa shape index (κ3) is 4.61. The van der Waals surface area contributed by atoms with Crippen molar-refractivity contribution < 1.29 is 32.6 Å². The van der Waals surface area contributed by atoms with Crippen molar-refractivity contribution >= 4 is 18.3 Å². The second-order valence-corrected chi connectivity index (χ2v) is 6.77. The molecule has 1 N–H and O–H groups in total. The molecule has 0 spiro atoms. The Bertz CT molecular complexity index is 1030. The fraction of sp³-hybridized carbons (Fsp3) is 0.227. The van der Waals surface area contributed by atoms with Gasteiger partial charge in [-0.05, 0) is 30.2 Å². The van der Waals surface area contributed by atoms with Crippen LogP contribution in [0.15, 0.2) is 59.8 Å². The molecule has 3 rings (SSSR count). The van der Waals surface area contributed by atoms with Crippen LogP contribution in [0, 0.1) is 11.6 Å². The first kappa shape index (κ1) is 22.1. The lowest BCUT2D eigenvalue weighted by atomic mass is 9.93. The molecule has 7 nitrogen and oxygen atoms in total. The van der Waals surface area contributed by atoms with E-state index in [2.05, 4.69) is 5.32 Å². The minimum atomic E-state index is -1.42. The van der Waals surface area contributed by atoms with Crippen LogP contribution in [0.1, 0.15) is 24.1 Å². The van der Waals surface area contributed by atoms with E-state index in [1.54, 1.807) is 24.3 Å². The highest BCUT2D eigenvalue weighted by atomic mass is 19.2. The summed E-state index contributed by atoms with van der Waals surface area (Å²) < 4.78 is 38.0. The van der Waals surface area contributed by atoms with Crippen LogP contribution in [0.3, 0.4) is 0 Å². The van der Waals surface area contributed by atoms with Gasteiger partial charge in [0.25, 0.3) is 0 Å². The van der Waals surface area contributed by atoms with Crippen LogP contribution >= 0.6 is 0 Å². The summed E-state index contributed by atoms with van der Waals surface area (Å²) in [6, 6.07) is 9.90. The number of nitrogens with zero attached hydrogens (tertiary/aromatic N) is 1. The van der Waals surface area contributed by atoms with Crippen LogP contribution in [0.2, 0.25) is 0 Å². The number of hydrogen-bond acceptors (Lipinski definition) is 5. The highest BCUT2D eigenvalue weighted by Gasteiger charge is 2.42. The summed E-state index contributed by atoms with van der Waals surface area (Å²) in [5, 5.41) is 2.49. The Morgan fingerprint density at radius 2 is 1.90 bits per heavy atom. The number of halogens is 2. The van der Waals surface area contributed by atoms with Gasteiger partial charge in [-0.1, -0.05) is 36.4 Å². The molecule has 0 aliphatic carbocycles. The second kappa shape index (κ2) is 9.48. The average Bonchev–Trinajstić information content (AvgIpc) is 2.77. The number of carbonyl (C=O) groups is 3. The molecule has 0 aromatic heterocycles. The van der Waals surface area contributed by atoms with Crippen molar-refractivity contribution in [3.8, 4) is 0 Å². The van der Waals surface area contributed by atoms with Gasteiger partial charge in [-0.3, -0.25) is 9.69 Å². The van der Waals surface area contributed by atoms with E-state index < -0.39 is 35.9 Å². The molecule has 0 radical (unpaired) electrons. The highest BCUT2D eigenvalue weighted by molar-refractivity contribution is 5.95. The van der Waals surface area contributed by atoms with Crippen LogP contribution in [-0.4, -0.2) is 36.5 Å². The number of hydrogen-bond donors (Lipinski definition) is 1. The molecule has 1 aliphatic heterocycles. The van der Waals surface area contributed by atoms with E-state index in [1.165, 1.54) is 13.0 Å².